The molecule has 2 aromatic carbocycles. The van der Waals surface area contributed by atoms with Gasteiger partial charge in [-0.3, -0.25) is 4.79 Å². The molecule has 1 N–H and O–H groups in total. The van der Waals surface area contributed by atoms with Crippen molar-refractivity contribution >= 4 is 56.4 Å². The second-order valence-corrected chi connectivity index (χ2v) is 9.96. The first-order valence-corrected chi connectivity index (χ1v) is 11.4. The molecule has 1 heterocycles. The van der Waals surface area contributed by atoms with Crippen LogP contribution in [0.25, 0.3) is 0 Å². The van der Waals surface area contributed by atoms with E-state index in [4.69, 9.17) is 39.5 Å². The van der Waals surface area contributed by atoms with E-state index in [0.29, 0.717) is 5.69 Å². The number of nitrogens with zero attached hydrogens (tertiary/aromatic N) is 1. The van der Waals surface area contributed by atoms with E-state index in [1.165, 1.54) is 40.7 Å². The van der Waals surface area contributed by atoms with Crippen LogP contribution in [-0.4, -0.2) is 43.9 Å². The minimum Gasteiger partial charge on any atom is -0.373 e. The lowest BCUT2D eigenvalue weighted by molar-refractivity contribution is -0.0440. The predicted octanol–water partition coefficient (Wildman–Crippen LogP) is 4.70. The maximum Gasteiger partial charge on any atom is 0.255 e. The van der Waals surface area contributed by atoms with Crippen LogP contribution >= 0.6 is 34.8 Å². The molecule has 1 aliphatic heterocycles. The zero-order valence-electron chi connectivity index (χ0n) is 15.7. The number of halogens is 3. The Hall–Kier alpha value is -1.35. The summed E-state index contributed by atoms with van der Waals surface area (Å²) < 4.78 is 32.8. The Morgan fingerprint density at radius 3 is 2.14 bits per heavy atom. The van der Waals surface area contributed by atoms with Gasteiger partial charge in [-0.05, 0) is 50.2 Å². The van der Waals surface area contributed by atoms with Gasteiger partial charge in [0, 0.05) is 18.7 Å². The highest BCUT2D eigenvalue weighted by Gasteiger charge is 2.32. The maximum absolute atomic E-state index is 12.9. The average molecular weight is 478 g/mol. The number of hydrogen-bond donors (Lipinski definition) is 1. The molecule has 2 atom stereocenters. The highest BCUT2D eigenvalue weighted by molar-refractivity contribution is 7.89. The Bertz CT molecular complexity index is 1020. The highest BCUT2D eigenvalue weighted by Crippen LogP contribution is 2.32. The number of hydrogen-bond acceptors (Lipinski definition) is 4. The van der Waals surface area contributed by atoms with Crippen molar-refractivity contribution in [3.05, 3.63) is 57.0 Å². The molecule has 6 nitrogen and oxygen atoms in total. The van der Waals surface area contributed by atoms with Crippen molar-refractivity contribution in [1.29, 1.82) is 0 Å². The number of carbonyl (C=O) groups excluding carboxylic acids is 1. The molecule has 10 heteroatoms. The fraction of sp³-hybridized carbons (Fsp3) is 0.316. The fourth-order valence-electron chi connectivity index (χ4n) is 3.07. The van der Waals surface area contributed by atoms with Crippen LogP contribution in [0, 0.1) is 0 Å². The summed E-state index contributed by atoms with van der Waals surface area (Å²) in [6.45, 7) is 4.23. The quantitative estimate of drug-likeness (QED) is 0.648. The lowest BCUT2D eigenvalue weighted by Gasteiger charge is -2.34. The van der Waals surface area contributed by atoms with Gasteiger partial charge in [-0.25, -0.2) is 8.42 Å². The number of benzene rings is 2. The van der Waals surface area contributed by atoms with Gasteiger partial charge in [0.1, 0.15) is 0 Å². The molecule has 0 bridgehead atoms. The molecule has 3 rings (SSSR count). The molecular formula is C19H19Cl3N2O4S. The summed E-state index contributed by atoms with van der Waals surface area (Å²) in [4.78, 5) is 12.6. The van der Waals surface area contributed by atoms with Crippen molar-refractivity contribution in [2.24, 2.45) is 0 Å². The van der Waals surface area contributed by atoms with E-state index in [2.05, 4.69) is 5.32 Å². The van der Waals surface area contributed by atoms with E-state index in [9.17, 15) is 13.2 Å². The minimum absolute atomic E-state index is 0.114. The molecule has 1 fully saturated rings. The molecule has 1 amide bonds. The molecule has 0 spiro atoms. The maximum atomic E-state index is 12.9. The Balaban J connectivity index is 1.77. The second kappa shape index (κ2) is 8.79. The van der Waals surface area contributed by atoms with Gasteiger partial charge < -0.3 is 10.1 Å². The van der Waals surface area contributed by atoms with Crippen molar-refractivity contribution in [2.75, 3.05) is 18.4 Å². The summed E-state index contributed by atoms with van der Waals surface area (Å²) in [5, 5.41) is 3.40. The lowest BCUT2D eigenvalue weighted by Crippen LogP contribution is -2.48. The SMILES string of the molecule is C[C@@H]1CN(S(=O)(=O)c2ccc(C(=O)Nc3cc(Cl)c(Cl)cc3Cl)cc2)C[C@H](C)O1. The van der Waals surface area contributed by atoms with Crippen molar-refractivity contribution < 1.29 is 17.9 Å². The Kier molecular flexibility index (Phi) is 6.77. The molecule has 2 aromatic rings. The molecule has 156 valence electrons. The van der Waals surface area contributed by atoms with Crippen LogP contribution in [-0.2, 0) is 14.8 Å². The van der Waals surface area contributed by atoms with E-state index in [-0.39, 0.29) is 50.8 Å². The highest BCUT2D eigenvalue weighted by atomic mass is 35.5. The molecule has 0 unspecified atom stereocenters. The van der Waals surface area contributed by atoms with Gasteiger partial charge in [-0.15, -0.1) is 0 Å². The Labute approximate surface area is 184 Å². The first kappa shape index (κ1) is 22.3. The number of carbonyl (C=O) groups is 1. The monoisotopic (exact) mass is 476 g/mol. The summed E-state index contributed by atoms with van der Waals surface area (Å²) in [6.07, 6.45) is -0.371. The predicted molar refractivity (Wildman–Crippen MR) is 115 cm³/mol. The van der Waals surface area contributed by atoms with Crippen LogP contribution in [0.5, 0.6) is 0 Å². The smallest absolute Gasteiger partial charge is 0.255 e. The zero-order valence-corrected chi connectivity index (χ0v) is 18.7. The molecule has 0 saturated carbocycles. The number of amides is 1. The van der Waals surface area contributed by atoms with Gasteiger partial charge in [0.2, 0.25) is 10.0 Å². The van der Waals surface area contributed by atoms with Gasteiger partial charge in [-0.1, -0.05) is 34.8 Å². The van der Waals surface area contributed by atoms with E-state index in [1.54, 1.807) is 0 Å². The summed E-state index contributed by atoms with van der Waals surface area (Å²) in [7, 11) is -3.68. The van der Waals surface area contributed by atoms with E-state index >= 15 is 0 Å². The van der Waals surface area contributed by atoms with Crippen LogP contribution in [0.2, 0.25) is 15.1 Å². The Morgan fingerprint density at radius 1 is 1.00 bits per heavy atom. The molecule has 0 aliphatic carbocycles. The third-order valence-corrected chi connectivity index (χ3v) is 7.28. The number of anilines is 1. The number of nitrogens with one attached hydrogen (secondary N) is 1. The molecule has 0 aromatic heterocycles. The third kappa shape index (κ3) is 5.05. The van der Waals surface area contributed by atoms with Crippen LogP contribution in [0.15, 0.2) is 41.3 Å². The number of sulfonamides is 1. The van der Waals surface area contributed by atoms with E-state index < -0.39 is 15.9 Å². The van der Waals surface area contributed by atoms with Crippen LogP contribution in [0.1, 0.15) is 24.2 Å². The van der Waals surface area contributed by atoms with Crippen LogP contribution in [0.4, 0.5) is 5.69 Å². The second-order valence-electron chi connectivity index (χ2n) is 6.80. The largest absolute Gasteiger partial charge is 0.373 e. The van der Waals surface area contributed by atoms with Crippen molar-refractivity contribution in [3.8, 4) is 0 Å². The van der Waals surface area contributed by atoms with E-state index in [0.717, 1.165) is 0 Å². The summed E-state index contributed by atoms with van der Waals surface area (Å²) in [5.74, 6) is -0.456. The number of rotatable bonds is 4. The minimum atomic E-state index is -3.68. The molecule has 1 aliphatic rings. The van der Waals surface area contributed by atoms with Gasteiger partial charge in [-0.2, -0.15) is 4.31 Å². The Morgan fingerprint density at radius 2 is 1.55 bits per heavy atom. The van der Waals surface area contributed by atoms with Gasteiger partial charge in [0.15, 0.2) is 0 Å². The summed E-state index contributed by atoms with van der Waals surface area (Å²) in [5.41, 5.74) is 0.578. The van der Waals surface area contributed by atoms with Gasteiger partial charge in [0.05, 0.1) is 37.9 Å². The van der Waals surface area contributed by atoms with Crippen LogP contribution < -0.4 is 5.32 Å². The molecular weight excluding hydrogens is 459 g/mol. The summed E-state index contributed by atoms with van der Waals surface area (Å²) in [6, 6.07) is 8.59. The molecule has 29 heavy (non-hydrogen) atoms. The van der Waals surface area contributed by atoms with Gasteiger partial charge in [0.25, 0.3) is 5.91 Å². The van der Waals surface area contributed by atoms with Crippen molar-refractivity contribution in [2.45, 2.75) is 31.0 Å². The average Bonchev–Trinajstić information content (AvgIpc) is 2.65. The first-order chi connectivity index (χ1) is 13.6. The standard InChI is InChI=1S/C19H19Cl3N2O4S/c1-11-9-24(10-12(2)28-11)29(26,27)14-5-3-13(4-6-14)19(25)23-18-8-16(21)15(20)7-17(18)22/h3-8,11-12H,9-10H2,1-2H3,(H,23,25)/t11-,12+. The van der Waals surface area contributed by atoms with Gasteiger partial charge >= 0.3 is 0 Å². The van der Waals surface area contributed by atoms with Crippen molar-refractivity contribution in [3.63, 3.8) is 0 Å². The van der Waals surface area contributed by atoms with E-state index in [1.807, 2.05) is 13.8 Å². The zero-order chi connectivity index (χ0) is 21.3. The topological polar surface area (TPSA) is 75.7 Å². The van der Waals surface area contributed by atoms with Crippen molar-refractivity contribution in [1.82, 2.24) is 4.31 Å². The number of ether oxygens (including phenoxy) is 1. The fourth-order valence-corrected chi connectivity index (χ4v) is 5.25. The normalized spacial score (nSPS) is 20.4. The lowest BCUT2D eigenvalue weighted by atomic mass is 10.2. The first-order valence-electron chi connectivity index (χ1n) is 8.79. The third-order valence-electron chi connectivity index (χ3n) is 4.40. The molecule has 1 saturated heterocycles. The number of morpholine rings is 1. The summed E-state index contributed by atoms with van der Waals surface area (Å²) >= 11 is 17.9. The van der Waals surface area contributed by atoms with Crippen LogP contribution in [0.3, 0.4) is 0 Å². The molecule has 0 radical (unpaired) electrons.